The molecule has 2 aromatic heterocycles. The zero-order valence-corrected chi connectivity index (χ0v) is 10.1. The van der Waals surface area contributed by atoms with Gasteiger partial charge in [0.1, 0.15) is 5.01 Å². The predicted molar refractivity (Wildman–Crippen MR) is 69.4 cm³/mol. The number of nitrogens with two attached hydrogens (primary N) is 1. The molecule has 2 heterocycles. The van der Waals surface area contributed by atoms with Gasteiger partial charge >= 0.3 is 0 Å². The Kier molecular flexibility index (Phi) is 2.52. The predicted octanol–water partition coefficient (Wildman–Crippen LogP) is 0.878. The summed E-state index contributed by atoms with van der Waals surface area (Å²) in [4.78, 5) is 16.0. The van der Waals surface area contributed by atoms with Crippen LogP contribution in [0.5, 0.6) is 0 Å². The van der Waals surface area contributed by atoms with Crippen molar-refractivity contribution in [3.8, 4) is 0 Å². The Bertz CT molecular complexity index is 763. The van der Waals surface area contributed by atoms with E-state index in [4.69, 9.17) is 5.73 Å². The highest BCUT2D eigenvalue weighted by molar-refractivity contribution is 7.15. The van der Waals surface area contributed by atoms with E-state index in [2.05, 4.69) is 15.2 Å². The highest BCUT2D eigenvalue weighted by atomic mass is 32.1. The lowest BCUT2D eigenvalue weighted by molar-refractivity contribution is 0.769. The van der Waals surface area contributed by atoms with Crippen molar-refractivity contribution in [2.24, 2.45) is 0 Å². The van der Waals surface area contributed by atoms with Gasteiger partial charge in [-0.15, -0.1) is 10.2 Å². The van der Waals surface area contributed by atoms with Crippen molar-refractivity contribution < 1.29 is 0 Å². The highest BCUT2D eigenvalue weighted by Gasteiger charge is 2.07. The molecule has 6 nitrogen and oxygen atoms in total. The van der Waals surface area contributed by atoms with Crippen molar-refractivity contribution in [2.75, 3.05) is 5.73 Å². The molecule has 7 heteroatoms. The lowest BCUT2D eigenvalue weighted by Crippen LogP contribution is -2.20. The summed E-state index contributed by atoms with van der Waals surface area (Å²) in [5.74, 6) is 0. The summed E-state index contributed by atoms with van der Waals surface area (Å²) in [6.07, 6.45) is 1.31. The van der Waals surface area contributed by atoms with E-state index in [1.165, 1.54) is 17.5 Å². The molecule has 0 radical (unpaired) electrons. The van der Waals surface area contributed by atoms with Gasteiger partial charge in [0, 0.05) is 0 Å². The number of fused-ring (bicyclic) bond motifs is 1. The van der Waals surface area contributed by atoms with Gasteiger partial charge in [-0.25, -0.2) is 4.98 Å². The SMILES string of the molecule is Nc1nnc(Cn2c(=O)cnc3ccccc32)s1. The van der Waals surface area contributed by atoms with Crippen molar-refractivity contribution in [1.29, 1.82) is 0 Å². The van der Waals surface area contributed by atoms with E-state index in [0.29, 0.717) is 16.7 Å². The third-order valence-corrected chi connectivity index (χ3v) is 3.27. The quantitative estimate of drug-likeness (QED) is 0.738. The fraction of sp³-hybridized carbons (Fsp3) is 0.0909. The van der Waals surface area contributed by atoms with E-state index in [1.807, 2.05) is 24.3 Å². The van der Waals surface area contributed by atoms with Crippen LogP contribution < -0.4 is 11.3 Å². The lowest BCUT2D eigenvalue weighted by atomic mass is 10.3. The first-order chi connectivity index (χ1) is 8.74. The minimum atomic E-state index is -0.164. The third-order valence-electron chi connectivity index (χ3n) is 2.53. The van der Waals surface area contributed by atoms with Crippen LogP contribution in [0, 0.1) is 0 Å². The second kappa shape index (κ2) is 4.19. The standard InChI is InChI=1S/C11H9N5OS/c12-11-15-14-9(18-11)6-16-8-4-2-1-3-7(8)13-5-10(16)17/h1-5H,6H2,(H2,12,15). The van der Waals surface area contributed by atoms with Crippen LogP contribution in [0.25, 0.3) is 11.0 Å². The minimum Gasteiger partial charge on any atom is -0.374 e. The first-order valence-corrected chi connectivity index (χ1v) is 6.08. The molecule has 0 aliphatic heterocycles. The molecule has 0 fully saturated rings. The average molecular weight is 259 g/mol. The number of nitrogen functional groups attached to an aromatic ring is 1. The maximum absolute atomic E-state index is 11.9. The Morgan fingerprint density at radius 2 is 2.11 bits per heavy atom. The van der Waals surface area contributed by atoms with Crippen LogP contribution in [0.3, 0.4) is 0 Å². The molecule has 0 atom stereocenters. The first kappa shape index (κ1) is 10.8. The monoisotopic (exact) mass is 259 g/mol. The van der Waals surface area contributed by atoms with Crippen molar-refractivity contribution in [2.45, 2.75) is 6.54 Å². The Balaban J connectivity index is 2.16. The van der Waals surface area contributed by atoms with Crippen molar-refractivity contribution in [3.05, 3.63) is 45.8 Å². The molecule has 0 amide bonds. The summed E-state index contributed by atoms with van der Waals surface area (Å²) in [5.41, 5.74) is 6.91. The molecule has 18 heavy (non-hydrogen) atoms. The molecular weight excluding hydrogens is 250 g/mol. The van der Waals surface area contributed by atoms with Crippen LogP contribution in [0.2, 0.25) is 0 Å². The molecule has 0 bridgehead atoms. The second-order valence-electron chi connectivity index (χ2n) is 3.71. The largest absolute Gasteiger partial charge is 0.374 e. The molecular formula is C11H9N5OS. The van der Waals surface area contributed by atoms with Crippen molar-refractivity contribution >= 4 is 27.5 Å². The van der Waals surface area contributed by atoms with Crippen LogP contribution in [-0.4, -0.2) is 19.7 Å². The Hall–Kier alpha value is -2.28. The van der Waals surface area contributed by atoms with E-state index >= 15 is 0 Å². The topological polar surface area (TPSA) is 86.7 Å². The number of benzene rings is 1. The molecule has 0 saturated carbocycles. The number of para-hydroxylation sites is 2. The molecule has 1 aromatic carbocycles. The van der Waals surface area contributed by atoms with E-state index in [-0.39, 0.29) is 5.56 Å². The van der Waals surface area contributed by atoms with Crippen LogP contribution >= 0.6 is 11.3 Å². The van der Waals surface area contributed by atoms with Crippen LogP contribution in [0.15, 0.2) is 35.3 Å². The summed E-state index contributed by atoms with van der Waals surface area (Å²) in [5, 5.41) is 8.76. The second-order valence-corrected chi connectivity index (χ2v) is 4.80. The van der Waals surface area contributed by atoms with Gasteiger partial charge < -0.3 is 5.73 Å². The molecule has 2 N–H and O–H groups in total. The molecule has 90 valence electrons. The van der Waals surface area contributed by atoms with Crippen LogP contribution in [0.1, 0.15) is 5.01 Å². The molecule has 0 aliphatic rings. The molecule has 0 spiro atoms. The fourth-order valence-corrected chi connectivity index (χ4v) is 2.34. The van der Waals surface area contributed by atoms with Gasteiger partial charge in [-0.05, 0) is 12.1 Å². The van der Waals surface area contributed by atoms with E-state index < -0.39 is 0 Å². The zero-order chi connectivity index (χ0) is 12.5. The maximum Gasteiger partial charge on any atom is 0.269 e. The van der Waals surface area contributed by atoms with Gasteiger partial charge in [0.2, 0.25) is 5.13 Å². The summed E-state index contributed by atoms with van der Waals surface area (Å²) >= 11 is 1.28. The van der Waals surface area contributed by atoms with Gasteiger partial charge in [-0.2, -0.15) is 0 Å². The fourth-order valence-electron chi connectivity index (χ4n) is 1.74. The van der Waals surface area contributed by atoms with E-state index in [1.54, 1.807) is 4.57 Å². The smallest absolute Gasteiger partial charge is 0.269 e. The molecule has 3 aromatic rings. The van der Waals surface area contributed by atoms with Gasteiger partial charge in [-0.1, -0.05) is 23.5 Å². The highest BCUT2D eigenvalue weighted by Crippen LogP contribution is 2.14. The summed E-state index contributed by atoms with van der Waals surface area (Å²) in [6.45, 7) is 0.358. The first-order valence-electron chi connectivity index (χ1n) is 5.26. The number of anilines is 1. The Morgan fingerprint density at radius 1 is 1.28 bits per heavy atom. The maximum atomic E-state index is 11.9. The third kappa shape index (κ3) is 1.84. The number of nitrogens with zero attached hydrogens (tertiary/aromatic N) is 4. The summed E-state index contributed by atoms with van der Waals surface area (Å²) < 4.78 is 1.61. The number of hydrogen-bond acceptors (Lipinski definition) is 6. The van der Waals surface area contributed by atoms with Crippen LogP contribution in [0.4, 0.5) is 5.13 Å². The minimum absolute atomic E-state index is 0.164. The van der Waals surface area contributed by atoms with E-state index in [0.717, 1.165) is 11.0 Å². The number of rotatable bonds is 2. The van der Waals surface area contributed by atoms with Crippen molar-refractivity contribution in [3.63, 3.8) is 0 Å². The summed E-state index contributed by atoms with van der Waals surface area (Å²) in [6, 6.07) is 7.47. The molecule has 0 unspecified atom stereocenters. The molecule has 3 rings (SSSR count). The normalized spacial score (nSPS) is 10.9. The van der Waals surface area contributed by atoms with Crippen LogP contribution in [-0.2, 0) is 6.54 Å². The molecule has 0 saturated heterocycles. The Labute approximate surface area is 106 Å². The lowest BCUT2D eigenvalue weighted by Gasteiger charge is -2.06. The number of aromatic nitrogens is 4. The Morgan fingerprint density at radius 3 is 2.89 bits per heavy atom. The average Bonchev–Trinajstić information content (AvgIpc) is 2.79. The van der Waals surface area contributed by atoms with Gasteiger partial charge in [0.15, 0.2) is 0 Å². The van der Waals surface area contributed by atoms with Crippen molar-refractivity contribution in [1.82, 2.24) is 19.7 Å². The zero-order valence-electron chi connectivity index (χ0n) is 9.28. The number of hydrogen-bond donors (Lipinski definition) is 1. The summed E-state index contributed by atoms with van der Waals surface area (Å²) in [7, 11) is 0. The van der Waals surface area contributed by atoms with E-state index in [9.17, 15) is 4.79 Å². The molecule has 0 aliphatic carbocycles. The van der Waals surface area contributed by atoms with Gasteiger partial charge in [0.25, 0.3) is 5.56 Å². The van der Waals surface area contributed by atoms with Gasteiger partial charge in [0.05, 0.1) is 23.8 Å². The van der Waals surface area contributed by atoms with Gasteiger partial charge in [-0.3, -0.25) is 9.36 Å².